The topological polar surface area (TPSA) is 106 Å². The van der Waals surface area contributed by atoms with Gasteiger partial charge in [-0.2, -0.15) is 9.57 Å². The predicted molar refractivity (Wildman–Crippen MR) is 105 cm³/mol. The van der Waals surface area contributed by atoms with Crippen LogP contribution in [0.2, 0.25) is 0 Å². The summed E-state index contributed by atoms with van der Waals surface area (Å²) in [7, 11) is -1.61. The van der Waals surface area contributed by atoms with Gasteiger partial charge in [0.05, 0.1) is 21.9 Å². The van der Waals surface area contributed by atoms with Gasteiger partial charge in [-0.05, 0) is 37.1 Å². The van der Waals surface area contributed by atoms with Gasteiger partial charge in [-0.3, -0.25) is 0 Å². The third-order valence-electron chi connectivity index (χ3n) is 5.24. The molecule has 0 bridgehead atoms. The Labute approximate surface area is 163 Å². The molecule has 0 amide bonds. The minimum Gasteiger partial charge on any atom is -0.356 e. The fourth-order valence-electron chi connectivity index (χ4n) is 3.66. The van der Waals surface area contributed by atoms with Gasteiger partial charge in [0.2, 0.25) is 10.0 Å². The zero-order valence-electron chi connectivity index (χ0n) is 15.4. The van der Waals surface area contributed by atoms with Crippen molar-refractivity contribution in [2.45, 2.75) is 23.8 Å². The third kappa shape index (κ3) is 3.21. The van der Waals surface area contributed by atoms with E-state index in [1.165, 1.54) is 22.8 Å². The van der Waals surface area contributed by atoms with Crippen LogP contribution in [0.5, 0.6) is 0 Å². The maximum atomic E-state index is 12.9. The van der Waals surface area contributed by atoms with Crippen molar-refractivity contribution in [3.63, 3.8) is 0 Å². The monoisotopic (exact) mass is 396 g/mol. The Hall–Kier alpha value is -2.96. The van der Waals surface area contributed by atoms with E-state index >= 15 is 0 Å². The molecule has 1 aliphatic rings. The van der Waals surface area contributed by atoms with Crippen LogP contribution in [0.15, 0.2) is 47.8 Å². The van der Waals surface area contributed by atoms with Crippen molar-refractivity contribution in [1.29, 1.82) is 5.26 Å². The summed E-state index contributed by atoms with van der Waals surface area (Å²) >= 11 is 0. The van der Waals surface area contributed by atoms with E-state index in [9.17, 15) is 8.42 Å². The zero-order valence-corrected chi connectivity index (χ0v) is 16.2. The van der Waals surface area contributed by atoms with Crippen molar-refractivity contribution in [1.82, 2.24) is 19.3 Å². The number of aromatic nitrogens is 3. The Kier molecular flexibility index (Phi) is 4.75. The number of hydrogen-bond donors (Lipinski definition) is 1. The van der Waals surface area contributed by atoms with Gasteiger partial charge in [-0.1, -0.05) is 6.07 Å². The molecule has 3 aromatic rings. The molecule has 4 rings (SSSR count). The molecule has 1 saturated heterocycles. The van der Waals surface area contributed by atoms with Crippen molar-refractivity contribution in [2.75, 3.05) is 25.0 Å². The van der Waals surface area contributed by atoms with Crippen molar-refractivity contribution >= 4 is 26.9 Å². The minimum atomic E-state index is -3.60. The third-order valence-corrected chi connectivity index (χ3v) is 7.13. The first kappa shape index (κ1) is 18.4. The number of rotatable bonds is 4. The molecule has 0 radical (unpaired) electrons. The number of fused-ring (bicyclic) bond motifs is 1. The van der Waals surface area contributed by atoms with Crippen LogP contribution in [0.4, 0.5) is 5.82 Å². The number of sulfonamides is 1. The molecule has 9 heteroatoms. The predicted octanol–water partition coefficient (Wildman–Crippen LogP) is 2.12. The van der Waals surface area contributed by atoms with Gasteiger partial charge in [0.15, 0.2) is 0 Å². The average molecular weight is 396 g/mol. The van der Waals surface area contributed by atoms with Gasteiger partial charge in [0.25, 0.3) is 0 Å². The van der Waals surface area contributed by atoms with Crippen LogP contribution in [0, 0.1) is 11.3 Å². The summed E-state index contributed by atoms with van der Waals surface area (Å²) < 4.78 is 27.3. The fourth-order valence-corrected chi connectivity index (χ4v) is 5.17. The van der Waals surface area contributed by atoms with E-state index in [0.717, 1.165) is 16.9 Å². The first-order chi connectivity index (χ1) is 13.5. The van der Waals surface area contributed by atoms with Gasteiger partial charge in [0.1, 0.15) is 17.8 Å². The molecule has 1 N–H and O–H groups in total. The highest BCUT2D eigenvalue weighted by atomic mass is 32.2. The lowest BCUT2D eigenvalue weighted by Gasteiger charge is -2.36. The summed E-state index contributed by atoms with van der Waals surface area (Å²) in [5.41, 5.74) is 1.13. The lowest BCUT2D eigenvalue weighted by Crippen LogP contribution is -2.45. The quantitative estimate of drug-likeness (QED) is 0.724. The fraction of sp³-hybridized carbons (Fsp3) is 0.316. The molecule has 0 unspecified atom stereocenters. The first-order valence-electron chi connectivity index (χ1n) is 9.02. The van der Waals surface area contributed by atoms with Crippen molar-refractivity contribution in [3.05, 3.63) is 48.4 Å². The van der Waals surface area contributed by atoms with Gasteiger partial charge < -0.3 is 9.88 Å². The van der Waals surface area contributed by atoms with Crippen LogP contribution >= 0.6 is 0 Å². The second-order valence-electron chi connectivity index (χ2n) is 6.82. The Balaban J connectivity index is 1.50. The van der Waals surface area contributed by atoms with E-state index in [2.05, 4.69) is 19.9 Å². The summed E-state index contributed by atoms with van der Waals surface area (Å²) in [6.07, 6.45) is 4.76. The van der Waals surface area contributed by atoms with Crippen LogP contribution < -0.4 is 4.90 Å². The van der Waals surface area contributed by atoms with Gasteiger partial charge >= 0.3 is 0 Å². The minimum absolute atomic E-state index is 0.170. The number of piperidine rings is 1. The van der Waals surface area contributed by atoms with E-state index in [1.54, 1.807) is 12.1 Å². The molecule has 1 fully saturated rings. The lowest BCUT2D eigenvalue weighted by molar-refractivity contribution is 0.314. The van der Waals surface area contributed by atoms with E-state index in [4.69, 9.17) is 5.26 Å². The number of aromatic amines is 1. The smallest absolute Gasteiger partial charge is 0.243 e. The number of nitriles is 1. The Morgan fingerprint density at radius 1 is 1.25 bits per heavy atom. The Bertz CT molecular complexity index is 1140. The molecule has 0 atom stereocenters. The molecule has 2 aromatic heterocycles. The zero-order chi connectivity index (χ0) is 19.7. The van der Waals surface area contributed by atoms with Crippen LogP contribution in [0.1, 0.15) is 18.4 Å². The molecule has 1 aliphatic heterocycles. The Morgan fingerprint density at radius 2 is 2.04 bits per heavy atom. The number of nitrogens with one attached hydrogen (secondary N) is 1. The largest absolute Gasteiger partial charge is 0.356 e. The summed E-state index contributed by atoms with van der Waals surface area (Å²) in [6.45, 7) is 0.852. The SMILES string of the molecule is CN(c1ncnc2[nH]ccc12)C1CCN(S(=O)(=O)c2cccc(C#N)c2)CC1. The number of anilines is 1. The molecular formula is C19H20N6O2S. The lowest BCUT2D eigenvalue weighted by atomic mass is 10.1. The molecule has 144 valence electrons. The van der Waals surface area contributed by atoms with E-state index < -0.39 is 10.0 Å². The molecular weight excluding hydrogens is 376 g/mol. The molecule has 8 nitrogen and oxygen atoms in total. The van der Waals surface area contributed by atoms with E-state index in [1.807, 2.05) is 25.4 Å². The first-order valence-corrected chi connectivity index (χ1v) is 10.5. The van der Waals surface area contributed by atoms with Gasteiger partial charge in [0, 0.05) is 32.4 Å². The second-order valence-corrected chi connectivity index (χ2v) is 8.76. The van der Waals surface area contributed by atoms with Gasteiger partial charge in [-0.25, -0.2) is 18.4 Å². The number of hydrogen-bond acceptors (Lipinski definition) is 6. The summed E-state index contributed by atoms with van der Waals surface area (Å²) in [5.74, 6) is 0.842. The van der Waals surface area contributed by atoms with Crippen LogP contribution in [0.25, 0.3) is 11.0 Å². The maximum absolute atomic E-state index is 12.9. The van der Waals surface area contributed by atoms with Crippen LogP contribution in [0.3, 0.4) is 0 Å². The van der Waals surface area contributed by atoms with E-state index in [-0.39, 0.29) is 10.9 Å². The molecule has 3 heterocycles. The normalized spacial score (nSPS) is 16.1. The standard InChI is InChI=1S/C19H20N6O2S/c1-24(19-17-5-8-21-18(17)22-13-23-19)15-6-9-25(10-7-15)28(26,27)16-4-2-3-14(11-16)12-20/h2-5,8,11,13,15H,6-7,9-10H2,1H3,(H,21,22,23). The summed E-state index contributed by atoms with van der Waals surface area (Å²) in [5, 5.41) is 9.98. The van der Waals surface area contributed by atoms with Crippen LogP contribution in [-0.2, 0) is 10.0 Å². The molecule has 1 aromatic carbocycles. The maximum Gasteiger partial charge on any atom is 0.243 e. The number of nitrogens with zero attached hydrogens (tertiary/aromatic N) is 5. The van der Waals surface area contributed by atoms with Crippen molar-refractivity contribution in [3.8, 4) is 6.07 Å². The number of H-pyrrole nitrogens is 1. The summed E-state index contributed by atoms with van der Waals surface area (Å²) in [4.78, 5) is 14.0. The van der Waals surface area contributed by atoms with E-state index in [0.29, 0.717) is 31.5 Å². The molecule has 0 aliphatic carbocycles. The average Bonchev–Trinajstić information content (AvgIpc) is 3.22. The van der Waals surface area contributed by atoms with Crippen molar-refractivity contribution in [2.24, 2.45) is 0 Å². The summed E-state index contributed by atoms with van der Waals surface area (Å²) in [6, 6.07) is 10.3. The molecule has 0 spiro atoms. The molecule has 28 heavy (non-hydrogen) atoms. The number of benzene rings is 1. The second kappa shape index (κ2) is 7.22. The van der Waals surface area contributed by atoms with Gasteiger partial charge in [-0.15, -0.1) is 0 Å². The van der Waals surface area contributed by atoms with Crippen molar-refractivity contribution < 1.29 is 8.42 Å². The molecule has 0 saturated carbocycles. The Morgan fingerprint density at radius 3 is 2.79 bits per heavy atom. The highest BCUT2D eigenvalue weighted by Crippen LogP contribution is 2.28. The highest BCUT2D eigenvalue weighted by molar-refractivity contribution is 7.89. The highest BCUT2D eigenvalue weighted by Gasteiger charge is 2.31. The van der Waals surface area contributed by atoms with Crippen LogP contribution in [-0.4, -0.2) is 53.9 Å².